The van der Waals surface area contributed by atoms with Crippen molar-refractivity contribution in [1.29, 1.82) is 0 Å². The van der Waals surface area contributed by atoms with Crippen molar-refractivity contribution in [2.45, 2.75) is 51.1 Å². The van der Waals surface area contributed by atoms with Crippen LogP contribution in [0.15, 0.2) is 24.3 Å². The van der Waals surface area contributed by atoms with Gasteiger partial charge >= 0.3 is 0 Å². The Morgan fingerprint density at radius 1 is 1.39 bits per heavy atom. The molecule has 1 aromatic rings. The fraction of sp³-hybridized carbons (Fsp3) is 0.533. The number of amides is 1. The van der Waals surface area contributed by atoms with E-state index in [9.17, 15) is 4.79 Å². The summed E-state index contributed by atoms with van der Waals surface area (Å²) < 4.78 is 0. The quantitative estimate of drug-likeness (QED) is 0.857. The molecule has 0 spiro atoms. The third-order valence-electron chi connectivity index (χ3n) is 3.78. The summed E-state index contributed by atoms with van der Waals surface area (Å²) in [4.78, 5) is 10.9. The summed E-state index contributed by atoms with van der Waals surface area (Å²) in [7, 11) is 0. The minimum absolute atomic E-state index is 0.133. The lowest BCUT2D eigenvalue weighted by Gasteiger charge is -2.32. The van der Waals surface area contributed by atoms with Crippen molar-refractivity contribution in [3.63, 3.8) is 0 Å². The molecule has 0 unspecified atom stereocenters. The summed E-state index contributed by atoms with van der Waals surface area (Å²) in [6.07, 6.45) is 2.72. The SMILES string of the molecule is C[C@H](CC(N)=O)N[C@H]1CC[C@H](C)c2ccccc21. The highest BCUT2D eigenvalue weighted by atomic mass is 16.1. The lowest BCUT2D eigenvalue weighted by molar-refractivity contribution is -0.118. The molecule has 0 radical (unpaired) electrons. The van der Waals surface area contributed by atoms with E-state index in [2.05, 4.69) is 36.5 Å². The number of rotatable bonds is 4. The highest BCUT2D eigenvalue weighted by Gasteiger charge is 2.25. The Balaban J connectivity index is 2.11. The summed E-state index contributed by atoms with van der Waals surface area (Å²) in [6.45, 7) is 4.30. The van der Waals surface area contributed by atoms with Gasteiger partial charge in [0.15, 0.2) is 0 Å². The van der Waals surface area contributed by atoms with Crippen molar-refractivity contribution in [1.82, 2.24) is 5.32 Å². The van der Waals surface area contributed by atoms with Crippen LogP contribution in [-0.2, 0) is 4.79 Å². The maximum Gasteiger partial charge on any atom is 0.218 e. The molecule has 0 saturated heterocycles. The lowest BCUT2D eigenvalue weighted by Crippen LogP contribution is -2.35. The molecule has 18 heavy (non-hydrogen) atoms. The van der Waals surface area contributed by atoms with Crippen LogP contribution in [0.25, 0.3) is 0 Å². The summed E-state index contributed by atoms with van der Waals surface area (Å²) in [5, 5.41) is 3.53. The molecule has 0 bridgehead atoms. The van der Waals surface area contributed by atoms with Crippen molar-refractivity contribution >= 4 is 5.91 Å². The van der Waals surface area contributed by atoms with Gasteiger partial charge in [0.05, 0.1) is 0 Å². The Hall–Kier alpha value is -1.35. The van der Waals surface area contributed by atoms with Gasteiger partial charge in [0.25, 0.3) is 0 Å². The van der Waals surface area contributed by atoms with Crippen LogP contribution in [0.1, 0.15) is 56.2 Å². The molecule has 3 nitrogen and oxygen atoms in total. The van der Waals surface area contributed by atoms with Gasteiger partial charge in [-0.1, -0.05) is 31.2 Å². The highest BCUT2D eigenvalue weighted by Crippen LogP contribution is 2.37. The molecule has 0 saturated carbocycles. The summed E-state index contributed by atoms with van der Waals surface area (Å²) in [6, 6.07) is 9.09. The molecular formula is C15H22N2O. The van der Waals surface area contributed by atoms with Gasteiger partial charge < -0.3 is 11.1 Å². The molecule has 3 heteroatoms. The minimum Gasteiger partial charge on any atom is -0.370 e. The number of nitrogens with two attached hydrogens (primary N) is 1. The van der Waals surface area contributed by atoms with Crippen LogP contribution >= 0.6 is 0 Å². The molecule has 3 N–H and O–H groups in total. The first-order chi connectivity index (χ1) is 8.58. The zero-order chi connectivity index (χ0) is 13.1. The molecule has 1 aromatic carbocycles. The first-order valence-corrected chi connectivity index (χ1v) is 6.71. The zero-order valence-corrected chi connectivity index (χ0v) is 11.1. The van der Waals surface area contributed by atoms with E-state index >= 15 is 0 Å². The molecule has 1 aliphatic carbocycles. The molecular weight excluding hydrogens is 224 g/mol. The van der Waals surface area contributed by atoms with Gasteiger partial charge in [0.2, 0.25) is 5.91 Å². The van der Waals surface area contributed by atoms with Crippen molar-refractivity contribution in [3.05, 3.63) is 35.4 Å². The number of carbonyl (C=O) groups excluding carboxylic acids is 1. The second kappa shape index (κ2) is 5.53. The predicted molar refractivity (Wildman–Crippen MR) is 73.2 cm³/mol. The van der Waals surface area contributed by atoms with E-state index in [4.69, 9.17) is 5.73 Å². The fourth-order valence-electron chi connectivity index (χ4n) is 2.88. The monoisotopic (exact) mass is 246 g/mol. The number of hydrogen-bond donors (Lipinski definition) is 2. The molecule has 98 valence electrons. The van der Waals surface area contributed by atoms with E-state index < -0.39 is 0 Å². The lowest BCUT2D eigenvalue weighted by atomic mass is 9.81. The Kier molecular flexibility index (Phi) is 4.02. The number of benzene rings is 1. The molecule has 1 aliphatic rings. The summed E-state index contributed by atoms with van der Waals surface area (Å²) >= 11 is 0. The third kappa shape index (κ3) is 2.91. The van der Waals surface area contributed by atoms with Crippen LogP contribution in [0.3, 0.4) is 0 Å². The number of carbonyl (C=O) groups is 1. The highest BCUT2D eigenvalue weighted by molar-refractivity contribution is 5.74. The van der Waals surface area contributed by atoms with Crippen molar-refractivity contribution < 1.29 is 4.79 Å². The molecule has 1 amide bonds. The molecule has 3 atom stereocenters. The first-order valence-electron chi connectivity index (χ1n) is 6.71. The van der Waals surface area contributed by atoms with E-state index in [-0.39, 0.29) is 11.9 Å². The van der Waals surface area contributed by atoms with Gasteiger partial charge in [-0.05, 0) is 36.8 Å². The van der Waals surface area contributed by atoms with E-state index in [1.165, 1.54) is 17.5 Å². The van der Waals surface area contributed by atoms with Crippen LogP contribution in [0, 0.1) is 0 Å². The summed E-state index contributed by atoms with van der Waals surface area (Å²) in [5.74, 6) is 0.387. The third-order valence-corrected chi connectivity index (χ3v) is 3.78. The minimum atomic E-state index is -0.243. The van der Waals surface area contributed by atoms with Crippen LogP contribution in [-0.4, -0.2) is 11.9 Å². The Morgan fingerprint density at radius 2 is 2.06 bits per heavy atom. The second-order valence-corrected chi connectivity index (χ2v) is 5.40. The maximum absolute atomic E-state index is 10.9. The van der Waals surface area contributed by atoms with Crippen LogP contribution in [0.2, 0.25) is 0 Å². The van der Waals surface area contributed by atoms with Gasteiger partial charge in [-0.2, -0.15) is 0 Å². The first kappa shape index (κ1) is 13.1. The van der Waals surface area contributed by atoms with E-state index in [1.54, 1.807) is 0 Å². The van der Waals surface area contributed by atoms with Crippen LogP contribution < -0.4 is 11.1 Å². The second-order valence-electron chi connectivity index (χ2n) is 5.40. The van der Waals surface area contributed by atoms with Crippen LogP contribution in [0.5, 0.6) is 0 Å². The van der Waals surface area contributed by atoms with Crippen molar-refractivity contribution in [3.8, 4) is 0 Å². The molecule has 0 aromatic heterocycles. The van der Waals surface area contributed by atoms with Gasteiger partial charge in [-0.25, -0.2) is 0 Å². The topological polar surface area (TPSA) is 55.1 Å². The molecule has 0 heterocycles. The zero-order valence-electron chi connectivity index (χ0n) is 11.1. The smallest absolute Gasteiger partial charge is 0.218 e. The van der Waals surface area contributed by atoms with E-state index in [0.29, 0.717) is 18.4 Å². The number of primary amides is 1. The van der Waals surface area contributed by atoms with Gasteiger partial charge in [0, 0.05) is 18.5 Å². The van der Waals surface area contributed by atoms with Crippen LogP contribution in [0.4, 0.5) is 0 Å². The van der Waals surface area contributed by atoms with E-state index in [1.807, 2.05) is 6.92 Å². The normalized spacial score (nSPS) is 24.3. The number of nitrogens with one attached hydrogen (secondary N) is 1. The van der Waals surface area contributed by atoms with E-state index in [0.717, 1.165) is 6.42 Å². The standard InChI is InChI=1S/C15H22N2O/c1-10-7-8-14(17-11(2)9-15(16)18)13-6-4-3-5-12(10)13/h3-6,10-11,14,17H,7-9H2,1-2H3,(H2,16,18)/t10-,11+,14-/m0/s1. The van der Waals surface area contributed by atoms with Gasteiger partial charge in [-0.3, -0.25) is 4.79 Å². The Bertz CT molecular complexity index is 430. The molecule has 0 fully saturated rings. The average Bonchev–Trinajstić information content (AvgIpc) is 2.32. The Labute approximate surface area is 109 Å². The number of fused-ring (bicyclic) bond motifs is 1. The van der Waals surface area contributed by atoms with Crippen molar-refractivity contribution in [2.75, 3.05) is 0 Å². The predicted octanol–water partition coefficient (Wildman–Crippen LogP) is 2.48. The average molecular weight is 246 g/mol. The largest absolute Gasteiger partial charge is 0.370 e. The number of hydrogen-bond acceptors (Lipinski definition) is 2. The maximum atomic E-state index is 10.9. The molecule has 2 rings (SSSR count). The summed E-state index contributed by atoms with van der Waals surface area (Å²) in [5.41, 5.74) is 8.06. The van der Waals surface area contributed by atoms with Gasteiger partial charge in [0.1, 0.15) is 0 Å². The Morgan fingerprint density at radius 3 is 2.72 bits per heavy atom. The van der Waals surface area contributed by atoms with Crippen molar-refractivity contribution in [2.24, 2.45) is 5.73 Å². The van der Waals surface area contributed by atoms with Gasteiger partial charge in [-0.15, -0.1) is 0 Å². The fourth-order valence-corrected chi connectivity index (χ4v) is 2.88. The molecule has 0 aliphatic heterocycles.